The molecule has 1 N–H and O–H groups in total. The van der Waals surface area contributed by atoms with Gasteiger partial charge in [-0.15, -0.1) is 5.10 Å². The van der Waals surface area contributed by atoms with Gasteiger partial charge in [0.15, 0.2) is 5.84 Å². The lowest BCUT2D eigenvalue weighted by atomic mass is 9.87. The van der Waals surface area contributed by atoms with Crippen molar-refractivity contribution < 1.29 is 4.39 Å². The number of benzene rings is 2. The Labute approximate surface area is 173 Å². The molecule has 4 nitrogen and oxygen atoms in total. The highest BCUT2D eigenvalue weighted by Crippen LogP contribution is 2.39. The van der Waals surface area contributed by atoms with E-state index in [4.69, 9.17) is 16.6 Å². The van der Waals surface area contributed by atoms with Gasteiger partial charge in [0, 0.05) is 34.4 Å². The lowest BCUT2D eigenvalue weighted by Gasteiger charge is -2.23. The van der Waals surface area contributed by atoms with Crippen molar-refractivity contribution in [1.29, 1.82) is 0 Å². The summed E-state index contributed by atoms with van der Waals surface area (Å²) < 4.78 is 14.3. The lowest BCUT2D eigenvalue weighted by molar-refractivity contribution is 0.621. The number of hydrazone groups is 1. The van der Waals surface area contributed by atoms with Gasteiger partial charge in [-0.1, -0.05) is 55.8 Å². The third-order valence-corrected chi connectivity index (χ3v) is 5.49. The molecule has 1 aliphatic rings. The molecular formula is C23H20ClFN4. The van der Waals surface area contributed by atoms with Crippen molar-refractivity contribution in [3.8, 4) is 11.1 Å². The van der Waals surface area contributed by atoms with Gasteiger partial charge >= 0.3 is 0 Å². The normalized spacial score (nSPS) is 13.1. The topological polar surface area (TPSA) is 49.6 Å². The van der Waals surface area contributed by atoms with Gasteiger partial charge in [-0.05, 0) is 24.5 Å². The first-order valence-electron chi connectivity index (χ1n) is 9.63. The zero-order valence-corrected chi connectivity index (χ0v) is 17.0. The van der Waals surface area contributed by atoms with Crippen LogP contribution in [0.3, 0.4) is 0 Å². The van der Waals surface area contributed by atoms with Crippen LogP contribution in [0.15, 0.2) is 58.8 Å². The molecule has 0 radical (unpaired) electrons. The molecule has 29 heavy (non-hydrogen) atoms. The highest BCUT2D eigenvalue weighted by Gasteiger charge is 2.25. The number of fused-ring (bicyclic) bond motifs is 1. The van der Waals surface area contributed by atoms with E-state index in [0.717, 1.165) is 40.6 Å². The number of amidine groups is 1. The zero-order valence-electron chi connectivity index (χ0n) is 16.2. The number of nitrogens with one attached hydrogen (secondary N) is 1. The van der Waals surface area contributed by atoms with Gasteiger partial charge < -0.3 is 0 Å². The summed E-state index contributed by atoms with van der Waals surface area (Å²) in [7, 11) is 0. The summed E-state index contributed by atoms with van der Waals surface area (Å²) in [5, 5.41) is 4.87. The number of aliphatic imine (C=N–C) groups is 1. The van der Waals surface area contributed by atoms with Crippen LogP contribution >= 0.6 is 11.6 Å². The Morgan fingerprint density at radius 2 is 1.86 bits per heavy atom. The van der Waals surface area contributed by atoms with Gasteiger partial charge in [-0.2, -0.15) is 0 Å². The molecule has 0 bridgehead atoms. The molecule has 0 aliphatic carbocycles. The van der Waals surface area contributed by atoms with Crippen LogP contribution in [0.5, 0.6) is 0 Å². The van der Waals surface area contributed by atoms with Crippen molar-refractivity contribution in [2.75, 3.05) is 0 Å². The number of hydrogen-bond acceptors (Lipinski definition) is 4. The smallest absolute Gasteiger partial charge is 0.157 e. The first-order valence-corrected chi connectivity index (χ1v) is 10.0. The number of halogens is 2. The lowest BCUT2D eigenvalue weighted by Crippen LogP contribution is -2.24. The van der Waals surface area contributed by atoms with E-state index in [-0.39, 0.29) is 10.9 Å². The van der Waals surface area contributed by atoms with Gasteiger partial charge in [0.1, 0.15) is 5.82 Å². The second kappa shape index (κ2) is 8.16. The van der Waals surface area contributed by atoms with E-state index in [1.54, 1.807) is 6.07 Å². The van der Waals surface area contributed by atoms with Crippen LogP contribution in [0.4, 0.5) is 4.39 Å². The molecule has 1 aliphatic heterocycles. The number of nitrogens with zero attached hydrogens (tertiary/aromatic N) is 3. The van der Waals surface area contributed by atoms with E-state index >= 15 is 0 Å². The third kappa shape index (κ3) is 3.55. The molecule has 0 saturated heterocycles. The number of hydrogen-bond donors (Lipinski definition) is 1. The Morgan fingerprint density at radius 1 is 1.10 bits per heavy atom. The Bertz CT molecular complexity index is 1160. The minimum Gasteiger partial charge on any atom is -0.252 e. The van der Waals surface area contributed by atoms with Crippen LogP contribution in [0.1, 0.15) is 43.9 Å². The summed E-state index contributed by atoms with van der Waals surface area (Å²) in [6.07, 6.45) is 3.33. The molecule has 0 atom stereocenters. The largest absolute Gasteiger partial charge is 0.252 e. The Balaban J connectivity index is 2.17. The van der Waals surface area contributed by atoms with Crippen LogP contribution in [0.25, 0.3) is 22.0 Å². The van der Waals surface area contributed by atoms with E-state index in [0.29, 0.717) is 11.4 Å². The predicted octanol–water partition coefficient (Wildman–Crippen LogP) is 6.05. The van der Waals surface area contributed by atoms with Crippen LogP contribution in [0.2, 0.25) is 5.02 Å². The minimum atomic E-state index is -0.477. The maximum atomic E-state index is 14.3. The molecule has 2 heterocycles. The Hall–Kier alpha value is -3.01. The number of pyridine rings is 1. The average molecular weight is 407 g/mol. The van der Waals surface area contributed by atoms with E-state index in [1.807, 2.05) is 30.3 Å². The SMILES string of the molecule is CCC(CC)c1nc2cc(F)c(Cl)cc2c(-c2ccccc2)c1C1=NC=C=NN1. The third-order valence-electron chi connectivity index (χ3n) is 5.20. The van der Waals surface area contributed by atoms with Crippen LogP contribution < -0.4 is 5.43 Å². The molecule has 1 aromatic heterocycles. The van der Waals surface area contributed by atoms with Crippen molar-refractivity contribution in [3.05, 3.63) is 70.8 Å². The molecule has 0 saturated carbocycles. The number of aromatic nitrogens is 1. The van der Waals surface area contributed by atoms with Crippen LogP contribution in [-0.4, -0.2) is 16.7 Å². The summed E-state index contributed by atoms with van der Waals surface area (Å²) in [4.78, 5) is 9.36. The summed E-state index contributed by atoms with van der Waals surface area (Å²) >= 11 is 6.16. The van der Waals surface area contributed by atoms with E-state index in [9.17, 15) is 4.39 Å². The summed E-state index contributed by atoms with van der Waals surface area (Å²) in [5.74, 6) is 2.99. The van der Waals surface area contributed by atoms with Crippen molar-refractivity contribution in [2.45, 2.75) is 32.6 Å². The number of rotatable bonds is 5. The van der Waals surface area contributed by atoms with Crippen molar-refractivity contribution in [3.63, 3.8) is 0 Å². The van der Waals surface area contributed by atoms with Crippen molar-refractivity contribution >= 4 is 34.2 Å². The molecule has 0 unspecified atom stereocenters. The molecule has 4 rings (SSSR count). The van der Waals surface area contributed by atoms with Gasteiger partial charge in [-0.25, -0.2) is 9.38 Å². The summed E-state index contributed by atoms with van der Waals surface area (Å²) in [6, 6.07) is 13.0. The van der Waals surface area contributed by atoms with Crippen LogP contribution in [0, 0.1) is 5.82 Å². The molecule has 3 aromatic rings. The standard InChI is InChI=1S/C23H20ClFN4/c1-3-14(4-2)22-21(23-26-10-11-27-29-23)20(15-8-6-5-7-9-15)16-12-17(24)18(25)13-19(16)28-22/h5-10,12-14H,3-4H2,1-2H3,(H,26,29). The highest BCUT2D eigenvalue weighted by atomic mass is 35.5. The maximum Gasteiger partial charge on any atom is 0.157 e. The van der Waals surface area contributed by atoms with Gasteiger partial charge in [0.25, 0.3) is 0 Å². The van der Waals surface area contributed by atoms with Crippen molar-refractivity contribution in [2.24, 2.45) is 10.1 Å². The summed E-state index contributed by atoms with van der Waals surface area (Å²) in [5.41, 5.74) is 7.17. The molecule has 0 fully saturated rings. The quantitative estimate of drug-likeness (QED) is 0.561. The Morgan fingerprint density at radius 3 is 2.52 bits per heavy atom. The second-order valence-electron chi connectivity index (χ2n) is 6.87. The molecule has 0 amide bonds. The molecular weight excluding hydrogens is 387 g/mol. The first kappa shape index (κ1) is 19.3. The second-order valence-corrected chi connectivity index (χ2v) is 7.28. The Kier molecular flexibility index (Phi) is 5.43. The van der Waals surface area contributed by atoms with Gasteiger partial charge in [0.2, 0.25) is 0 Å². The fraction of sp³-hybridized carbons (Fsp3) is 0.217. The molecule has 0 spiro atoms. The highest BCUT2D eigenvalue weighted by molar-refractivity contribution is 6.31. The van der Waals surface area contributed by atoms with Gasteiger partial charge in [0.05, 0.1) is 22.4 Å². The van der Waals surface area contributed by atoms with E-state index in [2.05, 4.69) is 35.2 Å². The predicted molar refractivity (Wildman–Crippen MR) is 117 cm³/mol. The molecule has 6 heteroatoms. The van der Waals surface area contributed by atoms with Crippen LogP contribution in [-0.2, 0) is 0 Å². The fourth-order valence-corrected chi connectivity index (χ4v) is 3.91. The van der Waals surface area contributed by atoms with E-state index < -0.39 is 5.82 Å². The zero-order chi connectivity index (χ0) is 20.4. The van der Waals surface area contributed by atoms with E-state index in [1.165, 1.54) is 12.3 Å². The fourth-order valence-electron chi connectivity index (χ4n) is 3.75. The van der Waals surface area contributed by atoms with Gasteiger partial charge in [-0.3, -0.25) is 10.4 Å². The first-order chi connectivity index (χ1) is 14.1. The summed E-state index contributed by atoms with van der Waals surface area (Å²) in [6.45, 7) is 4.26. The molecule has 146 valence electrons. The monoisotopic (exact) mass is 406 g/mol. The molecule has 2 aromatic carbocycles. The average Bonchev–Trinajstić information content (AvgIpc) is 2.76. The van der Waals surface area contributed by atoms with Crippen molar-refractivity contribution in [1.82, 2.24) is 10.4 Å². The minimum absolute atomic E-state index is 0.0640. The maximum absolute atomic E-state index is 14.3.